The summed E-state index contributed by atoms with van der Waals surface area (Å²) in [7, 11) is 0. The number of carboxylic acid groups (broad SMARTS) is 1. The Bertz CT molecular complexity index is 166. The molecule has 76 valence electrons. The van der Waals surface area contributed by atoms with Crippen molar-refractivity contribution < 1.29 is 9.90 Å². The van der Waals surface area contributed by atoms with Crippen LogP contribution in [-0.2, 0) is 4.79 Å². The fourth-order valence-electron chi connectivity index (χ4n) is 1.50. The first-order valence-corrected chi connectivity index (χ1v) is 5.18. The number of rotatable bonds is 7. The van der Waals surface area contributed by atoms with E-state index in [1.54, 1.807) is 0 Å². The highest BCUT2D eigenvalue weighted by Gasteiger charge is 2.20. The van der Waals surface area contributed by atoms with Gasteiger partial charge in [0, 0.05) is 0 Å². The standard InChI is InChI=1S/C10H19NO2/c11-9(10(12)13)5-3-1-2-4-8-6-7-8/h8-9H,1-7,11H2,(H,12,13)/t9-/m0/s1. The molecule has 0 bridgehead atoms. The van der Waals surface area contributed by atoms with Crippen LogP contribution in [0.25, 0.3) is 0 Å². The van der Waals surface area contributed by atoms with Crippen molar-refractivity contribution in [3.8, 4) is 0 Å². The molecule has 1 aliphatic rings. The molecule has 1 atom stereocenters. The number of carboxylic acids is 1. The molecule has 0 radical (unpaired) electrons. The van der Waals surface area contributed by atoms with Gasteiger partial charge in [-0.15, -0.1) is 0 Å². The summed E-state index contributed by atoms with van der Waals surface area (Å²) in [5.74, 6) is 0.121. The van der Waals surface area contributed by atoms with E-state index >= 15 is 0 Å². The zero-order chi connectivity index (χ0) is 9.68. The average Bonchev–Trinajstić information content (AvgIpc) is 2.87. The zero-order valence-electron chi connectivity index (χ0n) is 8.04. The first-order valence-electron chi connectivity index (χ1n) is 5.18. The summed E-state index contributed by atoms with van der Waals surface area (Å²) in [6.07, 6.45) is 8.13. The van der Waals surface area contributed by atoms with Crippen molar-refractivity contribution in [2.45, 2.75) is 51.0 Å². The minimum absolute atomic E-state index is 0.625. The van der Waals surface area contributed by atoms with Gasteiger partial charge in [0.05, 0.1) is 0 Å². The lowest BCUT2D eigenvalue weighted by molar-refractivity contribution is -0.138. The quantitative estimate of drug-likeness (QED) is 0.594. The third-order valence-corrected chi connectivity index (χ3v) is 2.64. The summed E-state index contributed by atoms with van der Waals surface area (Å²) in [5.41, 5.74) is 5.37. The minimum Gasteiger partial charge on any atom is -0.480 e. The largest absolute Gasteiger partial charge is 0.480 e. The third kappa shape index (κ3) is 4.88. The van der Waals surface area contributed by atoms with Crippen LogP contribution in [0, 0.1) is 5.92 Å². The third-order valence-electron chi connectivity index (χ3n) is 2.64. The highest BCUT2D eigenvalue weighted by molar-refractivity contribution is 5.72. The van der Waals surface area contributed by atoms with Crippen molar-refractivity contribution in [2.24, 2.45) is 11.7 Å². The van der Waals surface area contributed by atoms with Crippen LogP contribution in [0.4, 0.5) is 0 Å². The molecule has 0 aromatic heterocycles. The highest BCUT2D eigenvalue weighted by Crippen LogP contribution is 2.34. The van der Waals surface area contributed by atoms with Gasteiger partial charge < -0.3 is 10.8 Å². The van der Waals surface area contributed by atoms with Gasteiger partial charge in [0.15, 0.2) is 0 Å². The summed E-state index contributed by atoms with van der Waals surface area (Å²) >= 11 is 0. The van der Waals surface area contributed by atoms with Gasteiger partial charge in [-0.3, -0.25) is 4.79 Å². The van der Waals surface area contributed by atoms with Crippen LogP contribution in [0.1, 0.15) is 44.9 Å². The molecule has 1 saturated carbocycles. The first-order chi connectivity index (χ1) is 6.20. The fraction of sp³-hybridized carbons (Fsp3) is 0.900. The molecule has 0 amide bonds. The van der Waals surface area contributed by atoms with Crippen molar-refractivity contribution in [1.82, 2.24) is 0 Å². The number of hydrogen-bond acceptors (Lipinski definition) is 2. The number of unbranched alkanes of at least 4 members (excludes halogenated alkanes) is 2. The molecule has 0 aliphatic heterocycles. The molecule has 0 aromatic carbocycles. The van der Waals surface area contributed by atoms with Crippen molar-refractivity contribution in [3.63, 3.8) is 0 Å². The van der Waals surface area contributed by atoms with Crippen LogP contribution in [-0.4, -0.2) is 17.1 Å². The number of hydrogen-bond donors (Lipinski definition) is 2. The lowest BCUT2D eigenvalue weighted by atomic mass is 10.1. The van der Waals surface area contributed by atoms with Crippen molar-refractivity contribution >= 4 is 5.97 Å². The van der Waals surface area contributed by atoms with Crippen LogP contribution >= 0.6 is 0 Å². The Labute approximate surface area is 79.3 Å². The summed E-state index contributed by atoms with van der Waals surface area (Å²) < 4.78 is 0. The number of aliphatic carboxylic acids is 1. The van der Waals surface area contributed by atoms with E-state index in [0.29, 0.717) is 6.42 Å². The van der Waals surface area contributed by atoms with Crippen LogP contribution in [0.15, 0.2) is 0 Å². The molecule has 0 heterocycles. The molecule has 3 nitrogen and oxygen atoms in total. The molecule has 1 rings (SSSR count). The maximum Gasteiger partial charge on any atom is 0.320 e. The second kappa shape index (κ2) is 5.22. The summed E-state index contributed by atoms with van der Waals surface area (Å²) in [5, 5.41) is 8.51. The predicted molar refractivity (Wildman–Crippen MR) is 51.4 cm³/mol. The molecule has 0 spiro atoms. The predicted octanol–water partition coefficient (Wildman–Crippen LogP) is 1.76. The van der Waals surface area contributed by atoms with E-state index in [9.17, 15) is 4.79 Å². The molecular formula is C10H19NO2. The summed E-state index contributed by atoms with van der Waals surface area (Å²) in [6.45, 7) is 0. The molecule has 0 unspecified atom stereocenters. The normalized spacial score (nSPS) is 18.5. The first kappa shape index (κ1) is 10.5. The second-order valence-electron chi connectivity index (χ2n) is 4.03. The average molecular weight is 185 g/mol. The lowest BCUT2D eigenvalue weighted by Crippen LogP contribution is -2.29. The van der Waals surface area contributed by atoms with Gasteiger partial charge in [0.25, 0.3) is 0 Å². The molecule has 13 heavy (non-hydrogen) atoms. The van der Waals surface area contributed by atoms with E-state index in [1.165, 1.54) is 25.7 Å². The van der Waals surface area contributed by atoms with Gasteiger partial charge in [0.1, 0.15) is 6.04 Å². The van der Waals surface area contributed by atoms with E-state index in [4.69, 9.17) is 10.8 Å². The molecule has 3 heteroatoms. The Morgan fingerprint density at radius 1 is 1.38 bits per heavy atom. The maximum atomic E-state index is 10.4. The highest BCUT2D eigenvalue weighted by atomic mass is 16.4. The Hall–Kier alpha value is -0.570. The monoisotopic (exact) mass is 185 g/mol. The summed E-state index contributed by atoms with van der Waals surface area (Å²) in [4.78, 5) is 10.4. The molecule has 1 aliphatic carbocycles. The second-order valence-corrected chi connectivity index (χ2v) is 4.03. The Balaban J connectivity index is 1.84. The SMILES string of the molecule is N[C@@H](CCCCCC1CC1)C(=O)O. The van der Waals surface area contributed by atoms with Crippen LogP contribution in [0.2, 0.25) is 0 Å². The van der Waals surface area contributed by atoms with Gasteiger partial charge in [-0.25, -0.2) is 0 Å². The van der Waals surface area contributed by atoms with Crippen LogP contribution in [0.5, 0.6) is 0 Å². The zero-order valence-corrected chi connectivity index (χ0v) is 8.04. The minimum atomic E-state index is -0.873. The van der Waals surface area contributed by atoms with E-state index < -0.39 is 12.0 Å². The Morgan fingerprint density at radius 3 is 2.62 bits per heavy atom. The number of carbonyl (C=O) groups is 1. The van der Waals surface area contributed by atoms with Gasteiger partial charge in [-0.2, -0.15) is 0 Å². The molecular weight excluding hydrogens is 166 g/mol. The fourth-order valence-corrected chi connectivity index (χ4v) is 1.50. The van der Waals surface area contributed by atoms with Crippen molar-refractivity contribution in [1.29, 1.82) is 0 Å². The Kier molecular flexibility index (Phi) is 4.22. The van der Waals surface area contributed by atoms with E-state index in [2.05, 4.69) is 0 Å². The molecule has 3 N–H and O–H groups in total. The van der Waals surface area contributed by atoms with E-state index in [-0.39, 0.29) is 0 Å². The lowest BCUT2D eigenvalue weighted by Gasteiger charge is -2.05. The van der Waals surface area contributed by atoms with E-state index in [0.717, 1.165) is 18.8 Å². The smallest absolute Gasteiger partial charge is 0.320 e. The molecule has 0 saturated heterocycles. The molecule has 1 fully saturated rings. The van der Waals surface area contributed by atoms with Gasteiger partial charge in [0.2, 0.25) is 0 Å². The van der Waals surface area contributed by atoms with Crippen molar-refractivity contribution in [3.05, 3.63) is 0 Å². The Morgan fingerprint density at radius 2 is 2.08 bits per heavy atom. The van der Waals surface area contributed by atoms with Gasteiger partial charge >= 0.3 is 5.97 Å². The topological polar surface area (TPSA) is 63.3 Å². The van der Waals surface area contributed by atoms with Gasteiger partial charge in [-0.05, 0) is 12.3 Å². The number of nitrogens with two attached hydrogens (primary N) is 1. The van der Waals surface area contributed by atoms with Gasteiger partial charge in [-0.1, -0.05) is 38.5 Å². The maximum absolute atomic E-state index is 10.4. The van der Waals surface area contributed by atoms with E-state index in [1.807, 2.05) is 0 Å². The summed E-state index contributed by atoms with van der Waals surface area (Å²) in [6, 6.07) is -0.652. The van der Waals surface area contributed by atoms with Crippen LogP contribution < -0.4 is 5.73 Å². The van der Waals surface area contributed by atoms with Crippen LogP contribution in [0.3, 0.4) is 0 Å². The molecule has 0 aromatic rings. The van der Waals surface area contributed by atoms with Crippen molar-refractivity contribution in [2.75, 3.05) is 0 Å².